The summed E-state index contributed by atoms with van der Waals surface area (Å²) in [4.78, 5) is 15.6. The van der Waals surface area contributed by atoms with E-state index in [1.54, 1.807) is 31.2 Å². The average Bonchev–Trinajstić information content (AvgIpc) is 2.86. The van der Waals surface area contributed by atoms with Gasteiger partial charge >= 0.3 is 6.09 Å². The average molecular weight is 278 g/mol. The molecule has 6 heteroatoms. The number of aromatic nitrogens is 1. The summed E-state index contributed by atoms with van der Waals surface area (Å²) in [7, 11) is 0. The topological polar surface area (TPSA) is 71.5 Å². The van der Waals surface area contributed by atoms with Gasteiger partial charge in [-0.2, -0.15) is 0 Å². The lowest BCUT2D eigenvalue weighted by atomic mass is 10.2. The van der Waals surface area contributed by atoms with Crippen molar-refractivity contribution in [2.45, 2.75) is 13.5 Å². The van der Waals surface area contributed by atoms with Crippen LogP contribution in [0.15, 0.2) is 29.6 Å². The quantitative estimate of drug-likeness (QED) is 0.902. The van der Waals surface area contributed by atoms with Crippen LogP contribution in [0.4, 0.5) is 4.79 Å². The van der Waals surface area contributed by atoms with Crippen LogP contribution >= 0.6 is 11.3 Å². The maximum Gasteiger partial charge on any atom is 0.407 e. The molecule has 0 bridgehead atoms. The van der Waals surface area contributed by atoms with Gasteiger partial charge in [-0.05, 0) is 31.2 Å². The fourth-order valence-corrected chi connectivity index (χ4v) is 2.23. The first kappa shape index (κ1) is 13.4. The molecular formula is C13H14N2O3S. The van der Waals surface area contributed by atoms with Crippen molar-refractivity contribution in [3.05, 3.63) is 34.7 Å². The SMILES string of the molecule is CCOC(=O)NCc1nc(-c2ccc(O)cc2)cs1. The van der Waals surface area contributed by atoms with E-state index < -0.39 is 6.09 Å². The molecule has 0 saturated carbocycles. The second kappa shape index (κ2) is 6.19. The number of nitrogens with one attached hydrogen (secondary N) is 1. The number of nitrogens with zero attached hydrogens (tertiary/aromatic N) is 1. The van der Waals surface area contributed by atoms with Gasteiger partial charge in [0, 0.05) is 10.9 Å². The normalized spacial score (nSPS) is 10.2. The van der Waals surface area contributed by atoms with Crippen LogP contribution in [0.3, 0.4) is 0 Å². The summed E-state index contributed by atoms with van der Waals surface area (Å²) in [6.07, 6.45) is -0.441. The van der Waals surface area contributed by atoms with Gasteiger partial charge in [-0.1, -0.05) is 0 Å². The molecule has 1 amide bonds. The van der Waals surface area contributed by atoms with Crippen LogP contribution < -0.4 is 5.32 Å². The van der Waals surface area contributed by atoms with Crippen molar-refractivity contribution >= 4 is 17.4 Å². The maximum atomic E-state index is 11.1. The van der Waals surface area contributed by atoms with E-state index in [1.165, 1.54) is 11.3 Å². The number of amides is 1. The van der Waals surface area contributed by atoms with Crippen molar-refractivity contribution in [2.75, 3.05) is 6.61 Å². The number of aromatic hydroxyl groups is 1. The van der Waals surface area contributed by atoms with Gasteiger partial charge in [0.1, 0.15) is 10.8 Å². The minimum atomic E-state index is -0.441. The van der Waals surface area contributed by atoms with Crippen molar-refractivity contribution in [1.29, 1.82) is 0 Å². The zero-order valence-electron chi connectivity index (χ0n) is 10.4. The summed E-state index contributed by atoms with van der Waals surface area (Å²) in [5.74, 6) is 0.225. The number of alkyl carbamates (subject to hydrolysis) is 1. The third-order valence-corrected chi connectivity index (χ3v) is 3.22. The van der Waals surface area contributed by atoms with Crippen molar-refractivity contribution in [2.24, 2.45) is 0 Å². The van der Waals surface area contributed by atoms with Gasteiger partial charge in [-0.15, -0.1) is 11.3 Å². The molecule has 0 fully saturated rings. The first-order valence-electron chi connectivity index (χ1n) is 5.83. The van der Waals surface area contributed by atoms with Crippen molar-refractivity contribution < 1.29 is 14.6 Å². The molecule has 5 nitrogen and oxygen atoms in total. The second-order valence-electron chi connectivity index (χ2n) is 3.75. The monoisotopic (exact) mass is 278 g/mol. The van der Waals surface area contributed by atoms with Gasteiger partial charge in [0.05, 0.1) is 18.8 Å². The van der Waals surface area contributed by atoms with Gasteiger partial charge in [0.25, 0.3) is 0 Å². The zero-order chi connectivity index (χ0) is 13.7. The number of phenols is 1. The number of hydrogen-bond acceptors (Lipinski definition) is 5. The minimum absolute atomic E-state index is 0.225. The zero-order valence-corrected chi connectivity index (χ0v) is 11.2. The highest BCUT2D eigenvalue weighted by molar-refractivity contribution is 7.09. The number of thiazole rings is 1. The Morgan fingerprint density at radius 1 is 1.42 bits per heavy atom. The van der Waals surface area contributed by atoms with Crippen LogP contribution in [0.2, 0.25) is 0 Å². The third-order valence-electron chi connectivity index (χ3n) is 2.37. The highest BCUT2D eigenvalue weighted by Gasteiger charge is 2.06. The Bertz CT molecular complexity index is 551. The lowest BCUT2D eigenvalue weighted by molar-refractivity contribution is 0.151. The number of phenolic OH excluding ortho intramolecular Hbond substituents is 1. The van der Waals surface area contributed by atoms with Crippen LogP contribution in [0.5, 0.6) is 5.75 Å². The van der Waals surface area contributed by atoms with E-state index in [-0.39, 0.29) is 5.75 Å². The van der Waals surface area contributed by atoms with Gasteiger partial charge in [0.15, 0.2) is 0 Å². The molecule has 1 aromatic carbocycles. The molecule has 2 aromatic rings. The molecule has 0 unspecified atom stereocenters. The molecule has 0 aliphatic rings. The molecule has 2 rings (SSSR count). The molecule has 0 saturated heterocycles. The predicted octanol–water partition coefficient (Wildman–Crippen LogP) is 2.76. The van der Waals surface area contributed by atoms with Gasteiger partial charge in [-0.25, -0.2) is 9.78 Å². The summed E-state index contributed by atoms with van der Waals surface area (Å²) >= 11 is 1.46. The summed E-state index contributed by atoms with van der Waals surface area (Å²) in [6.45, 7) is 2.45. The summed E-state index contributed by atoms with van der Waals surface area (Å²) < 4.78 is 4.77. The van der Waals surface area contributed by atoms with Crippen LogP contribution in [-0.4, -0.2) is 22.8 Å². The fraction of sp³-hybridized carbons (Fsp3) is 0.231. The van der Waals surface area contributed by atoms with E-state index in [4.69, 9.17) is 4.74 Å². The van der Waals surface area contributed by atoms with Gasteiger partial charge < -0.3 is 15.2 Å². The standard InChI is InChI=1S/C13H14N2O3S/c1-2-18-13(17)14-7-12-15-11(8-19-12)9-3-5-10(16)6-4-9/h3-6,8,16H,2,7H2,1H3,(H,14,17). The largest absolute Gasteiger partial charge is 0.508 e. The highest BCUT2D eigenvalue weighted by Crippen LogP contribution is 2.23. The minimum Gasteiger partial charge on any atom is -0.508 e. The lowest BCUT2D eigenvalue weighted by Gasteiger charge is -2.02. The first-order valence-corrected chi connectivity index (χ1v) is 6.71. The third kappa shape index (κ3) is 3.69. The van der Waals surface area contributed by atoms with Crippen LogP contribution in [0.1, 0.15) is 11.9 Å². The second-order valence-corrected chi connectivity index (χ2v) is 4.69. The lowest BCUT2D eigenvalue weighted by Crippen LogP contribution is -2.23. The van der Waals surface area contributed by atoms with E-state index in [9.17, 15) is 9.90 Å². The number of benzene rings is 1. The molecule has 0 atom stereocenters. The Balaban J connectivity index is 1.99. The van der Waals surface area contributed by atoms with Gasteiger partial charge in [0.2, 0.25) is 0 Å². The molecule has 0 radical (unpaired) electrons. The first-order chi connectivity index (χ1) is 9.19. The molecule has 19 heavy (non-hydrogen) atoms. The van der Waals surface area contributed by atoms with Crippen molar-refractivity contribution in [3.63, 3.8) is 0 Å². The van der Waals surface area contributed by atoms with Crippen LogP contribution in [-0.2, 0) is 11.3 Å². The molecule has 100 valence electrons. The Morgan fingerprint density at radius 3 is 2.84 bits per heavy atom. The molecular weight excluding hydrogens is 264 g/mol. The van der Waals surface area contributed by atoms with Crippen molar-refractivity contribution in [3.8, 4) is 17.0 Å². The van der Waals surface area contributed by atoms with E-state index in [0.717, 1.165) is 16.3 Å². The van der Waals surface area contributed by atoms with Crippen LogP contribution in [0.25, 0.3) is 11.3 Å². The molecule has 0 aliphatic heterocycles. The molecule has 1 aromatic heterocycles. The smallest absolute Gasteiger partial charge is 0.407 e. The predicted molar refractivity (Wildman–Crippen MR) is 73.1 cm³/mol. The van der Waals surface area contributed by atoms with E-state index in [0.29, 0.717) is 13.2 Å². The number of carbonyl (C=O) groups is 1. The number of ether oxygens (including phenoxy) is 1. The van der Waals surface area contributed by atoms with E-state index in [2.05, 4.69) is 10.3 Å². The number of hydrogen-bond donors (Lipinski definition) is 2. The van der Waals surface area contributed by atoms with Crippen molar-refractivity contribution in [1.82, 2.24) is 10.3 Å². The number of carbonyl (C=O) groups excluding carboxylic acids is 1. The Kier molecular flexibility index (Phi) is 4.35. The number of rotatable bonds is 4. The van der Waals surface area contributed by atoms with E-state index in [1.807, 2.05) is 5.38 Å². The van der Waals surface area contributed by atoms with Crippen LogP contribution in [0, 0.1) is 0 Å². The highest BCUT2D eigenvalue weighted by atomic mass is 32.1. The Hall–Kier alpha value is -2.08. The van der Waals surface area contributed by atoms with E-state index >= 15 is 0 Å². The molecule has 0 spiro atoms. The Labute approximate surface area is 114 Å². The Morgan fingerprint density at radius 2 is 2.16 bits per heavy atom. The molecule has 0 aliphatic carbocycles. The summed E-state index contributed by atoms with van der Waals surface area (Å²) in [5, 5.41) is 14.6. The summed E-state index contributed by atoms with van der Waals surface area (Å²) in [6, 6.07) is 6.83. The van der Waals surface area contributed by atoms with Gasteiger partial charge in [-0.3, -0.25) is 0 Å². The molecule has 2 N–H and O–H groups in total. The molecule has 1 heterocycles. The fourth-order valence-electron chi connectivity index (χ4n) is 1.49. The summed E-state index contributed by atoms with van der Waals surface area (Å²) in [5.41, 5.74) is 1.75. The maximum absolute atomic E-state index is 11.1.